The Morgan fingerprint density at radius 2 is 1.95 bits per heavy atom. The van der Waals surface area contributed by atoms with E-state index in [4.69, 9.17) is 16.0 Å². The van der Waals surface area contributed by atoms with Crippen LogP contribution in [0.3, 0.4) is 0 Å². The van der Waals surface area contributed by atoms with Crippen LogP contribution in [0.5, 0.6) is 0 Å². The number of benzene rings is 2. The van der Waals surface area contributed by atoms with E-state index in [0.29, 0.717) is 23.3 Å². The molecule has 0 aliphatic carbocycles. The van der Waals surface area contributed by atoms with Gasteiger partial charge in [-0.25, -0.2) is 4.39 Å². The summed E-state index contributed by atoms with van der Waals surface area (Å²) in [5.41, 5.74) is 1.25. The Hall–Kier alpha value is -2.13. The van der Waals surface area contributed by atoms with Crippen LogP contribution in [0, 0.1) is 5.82 Å². The third-order valence-electron chi connectivity index (χ3n) is 3.41. The fourth-order valence-electron chi connectivity index (χ4n) is 2.41. The molecule has 0 aliphatic rings. The van der Waals surface area contributed by atoms with Gasteiger partial charge in [0.25, 0.3) is 0 Å². The molecule has 0 atom stereocenters. The van der Waals surface area contributed by atoms with Crippen LogP contribution in [0.15, 0.2) is 46.9 Å². The highest BCUT2D eigenvalue weighted by Crippen LogP contribution is 2.31. The number of halogens is 2. The average molecular weight is 303 g/mol. The summed E-state index contributed by atoms with van der Waals surface area (Å²) in [5, 5.41) is 0.564. The molecule has 0 amide bonds. The van der Waals surface area contributed by atoms with E-state index in [1.165, 1.54) is 18.2 Å². The maximum atomic E-state index is 13.6. The Labute approximate surface area is 126 Å². The van der Waals surface area contributed by atoms with E-state index in [-0.39, 0.29) is 16.4 Å². The molecule has 0 fully saturated rings. The van der Waals surface area contributed by atoms with Gasteiger partial charge in [-0.15, -0.1) is 0 Å². The third kappa shape index (κ3) is 2.24. The second-order valence-electron chi connectivity index (χ2n) is 4.68. The van der Waals surface area contributed by atoms with Gasteiger partial charge in [-0.05, 0) is 18.2 Å². The molecule has 0 saturated carbocycles. The SMILES string of the molecule is CCc1oc2ccccc2c1C(=O)c1cccc(F)c1Cl. The number of furan rings is 1. The van der Waals surface area contributed by atoms with Gasteiger partial charge in [0.1, 0.15) is 17.2 Å². The molecule has 2 aromatic carbocycles. The van der Waals surface area contributed by atoms with Crippen LogP contribution in [0.25, 0.3) is 11.0 Å². The Balaban J connectivity index is 2.24. The van der Waals surface area contributed by atoms with Crippen molar-refractivity contribution in [3.63, 3.8) is 0 Å². The number of fused-ring (bicyclic) bond motifs is 1. The lowest BCUT2D eigenvalue weighted by molar-refractivity contribution is 0.103. The van der Waals surface area contributed by atoms with Gasteiger partial charge in [-0.3, -0.25) is 4.79 Å². The van der Waals surface area contributed by atoms with Crippen molar-refractivity contribution in [2.24, 2.45) is 0 Å². The minimum atomic E-state index is -0.603. The number of aryl methyl sites for hydroxylation is 1. The molecule has 3 rings (SSSR count). The Morgan fingerprint density at radius 1 is 1.19 bits per heavy atom. The Bertz CT molecular complexity index is 836. The van der Waals surface area contributed by atoms with E-state index >= 15 is 0 Å². The van der Waals surface area contributed by atoms with Crippen LogP contribution in [0.1, 0.15) is 28.6 Å². The minimum absolute atomic E-state index is 0.151. The summed E-state index contributed by atoms with van der Waals surface area (Å²) in [4.78, 5) is 12.8. The lowest BCUT2D eigenvalue weighted by atomic mass is 9.99. The number of hydrogen-bond acceptors (Lipinski definition) is 2. The Kier molecular flexibility index (Phi) is 3.52. The van der Waals surface area contributed by atoms with Crippen LogP contribution in [-0.4, -0.2) is 5.78 Å². The number of para-hydroxylation sites is 1. The van der Waals surface area contributed by atoms with Crippen molar-refractivity contribution in [3.05, 3.63) is 70.2 Å². The zero-order valence-electron chi connectivity index (χ0n) is 11.3. The van der Waals surface area contributed by atoms with Gasteiger partial charge in [0, 0.05) is 17.4 Å². The van der Waals surface area contributed by atoms with Crippen molar-refractivity contribution in [3.8, 4) is 0 Å². The first-order chi connectivity index (χ1) is 10.1. The maximum absolute atomic E-state index is 13.6. The quantitative estimate of drug-likeness (QED) is 0.636. The molecule has 2 nitrogen and oxygen atoms in total. The standard InChI is InChI=1S/C17H12ClFO2/c1-2-13-15(10-6-3-4-9-14(10)21-13)17(20)11-7-5-8-12(19)16(11)18/h3-9H,2H2,1H3. The molecule has 0 bridgehead atoms. The number of carbonyl (C=O) groups excluding carboxylic acids is 1. The monoisotopic (exact) mass is 302 g/mol. The lowest BCUT2D eigenvalue weighted by Gasteiger charge is -2.04. The van der Waals surface area contributed by atoms with E-state index in [1.807, 2.05) is 25.1 Å². The van der Waals surface area contributed by atoms with E-state index in [1.54, 1.807) is 6.07 Å². The molecule has 0 N–H and O–H groups in total. The van der Waals surface area contributed by atoms with Crippen molar-refractivity contribution in [1.82, 2.24) is 0 Å². The molecule has 0 aliphatic heterocycles. The average Bonchev–Trinajstić information content (AvgIpc) is 2.88. The van der Waals surface area contributed by atoms with Crippen LogP contribution >= 0.6 is 11.6 Å². The number of hydrogen-bond donors (Lipinski definition) is 0. The summed E-state index contributed by atoms with van der Waals surface area (Å²) in [6.07, 6.45) is 0.572. The molecular formula is C17H12ClFO2. The smallest absolute Gasteiger partial charge is 0.198 e. The van der Waals surface area contributed by atoms with E-state index in [9.17, 15) is 9.18 Å². The topological polar surface area (TPSA) is 30.2 Å². The summed E-state index contributed by atoms with van der Waals surface area (Å²) >= 11 is 5.93. The summed E-state index contributed by atoms with van der Waals surface area (Å²) < 4.78 is 19.3. The number of carbonyl (C=O) groups is 1. The molecule has 21 heavy (non-hydrogen) atoms. The molecule has 3 aromatic rings. The Morgan fingerprint density at radius 3 is 2.71 bits per heavy atom. The van der Waals surface area contributed by atoms with Gasteiger partial charge in [0.05, 0.1) is 10.6 Å². The molecular weight excluding hydrogens is 291 g/mol. The van der Waals surface area contributed by atoms with Gasteiger partial charge < -0.3 is 4.42 Å². The van der Waals surface area contributed by atoms with E-state index in [0.717, 1.165) is 5.39 Å². The summed E-state index contributed by atoms with van der Waals surface area (Å²) in [6.45, 7) is 1.90. The van der Waals surface area contributed by atoms with Gasteiger partial charge in [-0.1, -0.05) is 42.8 Å². The molecule has 0 saturated heterocycles. The van der Waals surface area contributed by atoms with E-state index in [2.05, 4.69) is 0 Å². The summed E-state index contributed by atoms with van der Waals surface area (Å²) in [5.74, 6) is -0.337. The predicted molar refractivity (Wildman–Crippen MR) is 80.4 cm³/mol. The molecule has 1 aromatic heterocycles. The van der Waals surface area contributed by atoms with Crippen molar-refractivity contribution < 1.29 is 13.6 Å². The van der Waals surface area contributed by atoms with Crippen molar-refractivity contribution in [2.75, 3.05) is 0 Å². The second-order valence-corrected chi connectivity index (χ2v) is 5.06. The van der Waals surface area contributed by atoms with E-state index < -0.39 is 5.82 Å². The van der Waals surface area contributed by atoms with Crippen LogP contribution in [0.4, 0.5) is 4.39 Å². The minimum Gasteiger partial charge on any atom is -0.460 e. The zero-order valence-corrected chi connectivity index (χ0v) is 12.1. The highest BCUT2D eigenvalue weighted by molar-refractivity contribution is 6.35. The van der Waals surface area contributed by atoms with Gasteiger partial charge in [0.2, 0.25) is 0 Å². The summed E-state index contributed by atoms with van der Waals surface area (Å²) in [7, 11) is 0. The van der Waals surface area contributed by atoms with Crippen LogP contribution in [0.2, 0.25) is 5.02 Å². The third-order valence-corrected chi connectivity index (χ3v) is 3.80. The first-order valence-electron chi connectivity index (χ1n) is 6.62. The fourth-order valence-corrected chi connectivity index (χ4v) is 2.62. The fraction of sp³-hybridized carbons (Fsp3) is 0.118. The first-order valence-corrected chi connectivity index (χ1v) is 7.00. The normalized spacial score (nSPS) is 11.0. The van der Waals surface area contributed by atoms with Gasteiger partial charge in [-0.2, -0.15) is 0 Å². The largest absolute Gasteiger partial charge is 0.460 e. The summed E-state index contributed by atoms with van der Waals surface area (Å²) in [6, 6.07) is 11.5. The first kappa shape index (κ1) is 13.8. The second kappa shape index (κ2) is 5.34. The predicted octanol–water partition coefficient (Wildman–Crippen LogP) is 5.02. The molecule has 4 heteroatoms. The lowest BCUT2D eigenvalue weighted by Crippen LogP contribution is -2.05. The van der Waals surface area contributed by atoms with Crippen molar-refractivity contribution in [2.45, 2.75) is 13.3 Å². The van der Waals surface area contributed by atoms with Gasteiger partial charge >= 0.3 is 0 Å². The zero-order chi connectivity index (χ0) is 15.0. The van der Waals surface area contributed by atoms with Crippen LogP contribution in [-0.2, 0) is 6.42 Å². The number of ketones is 1. The highest BCUT2D eigenvalue weighted by atomic mass is 35.5. The molecule has 0 radical (unpaired) electrons. The van der Waals surface area contributed by atoms with Crippen LogP contribution < -0.4 is 0 Å². The molecule has 106 valence electrons. The molecule has 0 unspecified atom stereocenters. The molecule has 0 spiro atoms. The maximum Gasteiger partial charge on any atom is 0.198 e. The molecule has 1 heterocycles. The highest BCUT2D eigenvalue weighted by Gasteiger charge is 2.23. The van der Waals surface area contributed by atoms with Crippen molar-refractivity contribution in [1.29, 1.82) is 0 Å². The van der Waals surface area contributed by atoms with Gasteiger partial charge in [0.15, 0.2) is 5.78 Å². The number of rotatable bonds is 3. The van der Waals surface area contributed by atoms with Crippen molar-refractivity contribution >= 4 is 28.4 Å².